The van der Waals surface area contributed by atoms with E-state index in [1.165, 1.54) is 11.3 Å². The zero-order valence-corrected chi connectivity index (χ0v) is 15.2. The lowest BCUT2D eigenvalue weighted by molar-refractivity contribution is 0.0648. The summed E-state index contributed by atoms with van der Waals surface area (Å²) in [5, 5.41) is 5.23. The minimum atomic E-state index is -0.156. The summed E-state index contributed by atoms with van der Waals surface area (Å²) in [6, 6.07) is 5.60. The number of methoxy groups -OCH3 is 1. The quantitative estimate of drug-likeness (QED) is 0.720. The topological polar surface area (TPSA) is 80.2 Å². The largest absolute Gasteiger partial charge is 0.382 e. The number of nitrogens with one attached hydrogen (secondary N) is 1. The van der Waals surface area contributed by atoms with Gasteiger partial charge in [0.1, 0.15) is 0 Å². The number of hydrogen-bond donors (Lipinski definition) is 1. The Morgan fingerprint density at radius 1 is 1.38 bits per heavy atom. The van der Waals surface area contributed by atoms with Gasteiger partial charge in [0.15, 0.2) is 5.69 Å². The van der Waals surface area contributed by atoms with Crippen LogP contribution in [0.5, 0.6) is 0 Å². The number of nitrogens with zero attached hydrogens (tertiary/aromatic N) is 4. The normalized spacial score (nSPS) is 14.9. The molecule has 0 bridgehead atoms. The number of fused-ring (bicyclic) bond motifs is 1. The van der Waals surface area contributed by atoms with Crippen LogP contribution in [0.4, 0.5) is 5.95 Å². The van der Waals surface area contributed by atoms with Gasteiger partial charge < -0.3 is 15.0 Å². The van der Waals surface area contributed by atoms with Gasteiger partial charge in [-0.3, -0.25) is 9.78 Å². The predicted octanol–water partition coefficient (Wildman–Crippen LogP) is 2.73. The first-order chi connectivity index (χ1) is 12.8. The van der Waals surface area contributed by atoms with Gasteiger partial charge in [-0.2, -0.15) is 0 Å². The smallest absolute Gasteiger partial charge is 0.274 e. The SMILES string of the molecule is COCC(Nc1nc(C(=O)N2CCC2)c2sccc2n1)c1cccnc1. The minimum Gasteiger partial charge on any atom is -0.382 e. The molecule has 1 aliphatic heterocycles. The number of ether oxygens (including phenoxy) is 1. The van der Waals surface area contributed by atoms with Crippen molar-refractivity contribution in [2.75, 3.05) is 32.1 Å². The van der Waals surface area contributed by atoms with E-state index in [0.29, 0.717) is 18.2 Å². The van der Waals surface area contributed by atoms with Gasteiger partial charge in [-0.25, -0.2) is 9.97 Å². The summed E-state index contributed by atoms with van der Waals surface area (Å²) in [6.07, 6.45) is 4.56. The molecule has 7 nitrogen and oxygen atoms in total. The number of carbonyl (C=O) groups is 1. The Hall–Kier alpha value is -2.58. The van der Waals surface area contributed by atoms with Gasteiger partial charge in [-0.05, 0) is 29.5 Å². The summed E-state index contributed by atoms with van der Waals surface area (Å²) in [4.78, 5) is 27.8. The molecule has 4 heterocycles. The molecule has 1 fully saturated rings. The number of amides is 1. The van der Waals surface area contributed by atoms with E-state index < -0.39 is 0 Å². The van der Waals surface area contributed by atoms with Gasteiger partial charge in [0.05, 0.1) is 22.9 Å². The molecular formula is C18H19N5O2S. The molecule has 1 N–H and O–H groups in total. The van der Waals surface area contributed by atoms with Crippen LogP contribution in [0.3, 0.4) is 0 Å². The van der Waals surface area contributed by atoms with Crippen molar-refractivity contribution < 1.29 is 9.53 Å². The third-order valence-corrected chi connectivity index (χ3v) is 5.28. The Labute approximate surface area is 155 Å². The van der Waals surface area contributed by atoms with Gasteiger partial charge >= 0.3 is 0 Å². The zero-order chi connectivity index (χ0) is 17.9. The second-order valence-corrected chi connectivity index (χ2v) is 7.03. The molecular weight excluding hydrogens is 350 g/mol. The average molecular weight is 369 g/mol. The molecule has 1 saturated heterocycles. The molecule has 1 amide bonds. The third kappa shape index (κ3) is 3.25. The highest BCUT2D eigenvalue weighted by Crippen LogP contribution is 2.27. The van der Waals surface area contributed by atoms with Gasteiger partial charge in [0.25, 0.3) is 5.91 Å². The Kier molecular flexibility index (Phi) is 4.77. The van der Waals surface area contributed by atoms with Gasteiger partial charge in [0.2, 0.25) is 5.95 Å². The van der Waals surface area contributed by atoms with Crippen LogP contribution in [-0.2, 0) is 4.74 Å². The fourth-order valence-corrected chi connectivity index (χ4v) is 3.68. The first kappa shape index (κ1) is 16.9. The van der Waals surface area contributed by atoms with Crippen molar-refractivity contribution in [1.82, 2.24) is 19.9 Å². The molecule has 0 aliphatic carbocycles. The van der Waals surface area contributed by atoms with Crippen LogP contribution >= 0.6 is 11.3 Å². The molecule has 0 radical (unpaired) electrons. The highest BCUT2D eigenvalue weighted by Gasteiger charge is 2.26. The molecule has 0 saturated carbocycles. The maximum absolute atomic E-state index is 12.8. The Morgan fingerprint density at radius 2 is 2.27 bits per heavy atom. The Morgan fingerprint density at radius 3 is 2.96 bits per heavy atom. The number of anilines is 1. The molecule has 3 aromatic rings. The van der Waals surface area contributed by atoms with Crippen molar-refractivity contribution in [1.29, 1.82) is 0 Å². The second-order valence-electron chi connectivity index (χ2n) is 6.12. The first-order valence-electron chi connectivity index (χ1n) is 8.46. The lowest BCUT2D eigenvalue weighted by Gasteiger charge is -2.30. The van der Waals surface area contributed by atoms with Crippen LogP contribution in [0.15, 0.2) is 36.0 Å². The predicted molar refractivity (Wildman–Crippen MR) is 100 cm³/mol. The summed E-state index contributed by atoms with van der Waals surface area (Å²) in [5.74, 6) is 0.393. The molecule has 8 heteroatoms. The van der Waals surface area contributed by atoms with E-state index in [-0.39, 0.29) is 11.9 Å². The van der Waals surface area contributed by atoms with Gasteiger partial charge in [-0.15, -0.1) is 11.3 Å². The van der Waals surface area contributed by atoms with Crippen LogP contribution in [0.25, 0.3) is 10.2 Å². The van der Waals surface area contributed by atoms with Crippen LogP contribution in [-0.4, -0.2) is 52.6 Å². The summed E-state index contributed by atoms with van der Waals surface area (Å²) < 4.78 is 6.16. The van der Waals surface area contributed by atoms with Crippen molar-refractivity contribution in [3.05, 3.63) is 47.2 Å². The highest BCUT2D eigenvalue weighted by molar-refractivity contribution is 7.17. The molecule has 134 valence electrons. The Bertz CT molecular complexity index is 910. The fourth-order valence-electron chi connectivity index (χ4n) is 2.87. The second kappa shape index (κ2) is 7.35. The summed E-state index contributed by atoms with van der Waals surface area (Å²) in [7, 11) is 1.65. The van der Waals surface area contributed by atoms with Crippen LogP contribution < -0.4 is 5.32 Å². The highest BCUT2D eigenvalue weighted by atomic mass is 32.1. The maximum atomic E-state index is 12.8. The fraction of sp³-hybridized carbons (Fsp3) is 0.333. The van der Waals surface area contributed by atoms with E-state index in [4.69, 9.17) is 4.74 Å². The van der Waals surface area contributed by atoms with E-state index in [9.17, 15) is 4.79 Å². The number of hydrogen-bond acceptors (Lipinski definition) is 7. The maximum Gasteiger partial charge on any atom is 0.274 e. The van der Waals surface area contributed by atoms with Crippen molar-refractivity contribution >= 4 is 33.4 Å². The summed E-state index contributed by atoms with van der Waals surface area (Å²) >= 11 is 1.49. The van der Waals surface area contributed by atoms with Crippen LogP contribution in [0, 0.1) is 0 Å². The van der Waals surface area contributed by atoms with Crippen LogP contribution in [0.2, 0.25) is 0 Å². The number of carbonyl (C=O) groups excluding carboxylic acids is 1. The number of likely N-dealkylation sites (tertiary alicyclic amines) is 1. The molecule has 3 aromatic heterocycles. The standard InChI is InChI=1S/C18H19N5O2S/c1-25-11-14(12-4-2-6-19-10-12)21-18-20-13-5-9-26-16(13)15(22-18)17(24)23-7-3-8-23/h2,4-6,9-10,14H,3,7-8,11H2,1H3,(H,20,21,22). The van der Waals surface area contributed by atoms with E-state index in [1.807, 2.05) is 28.5 Å². The van der Waals surface area contributed by atoms with Crippen LogP contribution in [0.1, 0.15) is 28.5 Å². The first-order valence-corrected chi connectivity index (χ1v) is 9.34. The number of aromatic nitrogens is 3. The molecule has 1 atom stereocenters. The molecule has 0 aromatic carbocycles. The van der Waals surface area contributed by atoms with Gasteiger partial charge in [0, 0.05) is 32.6 Å². The molecule has 0 spiro atoms. The third-order valence-electron chi connectivity index (χ3n) is 4.37. The minimum absolute atomic E-state index is 0.0289. The average Bonchev–Trinajstić information content (AvgIpc) is 3.08. The van der Waals surface area contributed by atoms with Crippen molar-refractivity contribution in [3.8, 4) is 0 Å². The Balaban J connectivity index is 1.68. The molecule has 26 heavy (non-hydrogen) atoms. The van der Waals surface area contributed by atoms with E-state index in [2.05, 4.69) is 20.3 Å². The van der Waals surface area contributed by atoms with Crippen molar-refractivity contribution in [3.63, 3.8) is 0 Å². The summed E-state index contributed by atoms with van der Waals surface area (Å²) in [5.41, 5.74) is 2.22. The number of thiophene rings is 1. The molecule has 4 rings (SSSR count). The monoisotopic (exact) mass is 369 g/mol. The number of rotatable bonds is 6. The summed E-state index contributed by atoms with van der Waals surface area (Å²) in [6.45, 7) is 2.02. The van der Waals surface area contributed by atoms with E-state index in [1.54, 1.807) is 19.5 Å². The lowest BCUT2D eigenvalue weighted by atomic mass is 10.1. The lowest BCUT2D eigenvalue weighted by Crippen LogP contribution is -2.42. The number of pyridine rings is 1. The zero-order valence-electron chi connectivity index (χ0n) is 14.4. The van der Waals surface area contributed by atoms with Crippen molar-refractivity contribution in [2.24, 2.45) is 0 Å². The van der Waals surface area contributed by atoms with E-state index >= 15 is 0 Å². The van der Waals surface area contributed by atoms with Gasteiger partial charge in [-0.1, -0.05) is 6.07 Å². The van der Waals surface area contributed by atoms with E-state index in [0.717, 1.165) is 35.3 Å². The molecule has 1 unspecified atom stereocenters. The van der Waals surface area contributed by atoms with Crippen molar-refractivity contribution in [2.45, 2.75) is 12.5 Å². The molecule has 1 aliphatic rings.